The first-order chi connectivity index (χ1) is 16.1. The van der Waals surface area contributed by atoms with Crippen molar-refractivity contribution >= 4 is 21.7 Å². The highest BCUT2D eigenvalue weighted by Gasteiger charge is 2.42. The van der Waals surface area contributed by atoms with Crippen LogP contribution in [-0.2, 0) is 14.6 Å². The van der Waals surface area contributed by atoms with E-state index in [4.69, 9.17) is 0 Å². The number of likely N-dealkylation sites (tertiary alicyclic amines) is 1. The summed E-state index contributed by atoms with van der Waals surface area (Å²) in [6.07, 6.45) is 4.94. The van der Waals surface area contributed by atoms with Gasteiger partial charge in [0.15, 0.2) is 9.84 Å². The van der Waals surface area contributed by atoms with Gasteiger partial charge in [0.1, 0.15) is 11.9 Å². The van der Waals surface area contributed by atoms with E-state index < -0.39 is 15.9 Å². The summed E-state index contributed by atoms with van der Waals surface area (Å²) in [7, 11) is -3.47. The van der Waals surface area contributed by atoms with Crippen LogP contribution in [0.3, 0.4) is 0 Å². The molecule has 1 N–H and O–H groups in total. The molecule has 0 aromatic heterocycles. The number of carbonyl (C=O) groups excluding carboxylic acids is 2. The minimum absolute atomic E-state index is 0.0711. The van der Waals surface area contributed by atoms with Gasteiger partial charge in [0.05, 0.1) is 10.9 Å². The van der Waals surface area contributed by atoms with Gasteiger partial charge in [-0.2, -0.15) is 0 Å². The lowest BCUT2D eigenvalue weighted by molar-refractivity contribution is -0.126. The summed E-state index contributed by atoms with van der Waals surface area (Å²) in [5.74, 6) is -0.641. The summed E-state index contributed by atoms with van der Waals surface area (Å²) in [4.78, 5) is 28.6. The van der Waals surface area contributed by atoms with Gasteiger partial charge in [0.2, 0.25) is 5.91 Å². The SMILES string of the molecule is CC[C@@H]1CC[C@H](C(=O)NC(c2ccc(C)c(F)c2)C2CC2)N1C(=O)c1cccc(S(C)(=O)=O)c1. The Morgan fingerprint density at radius 1 is 1.12 bits per heavy atom. The summed E-state index contributed by atoms with van der Waals surface area (Å²) in [6.45, 7) is 3.68. The average molecular weight is 487 g/mol. The zero-order valence-corrected chi connectivity index (χ0v) is 20.6. The zero-order valence-electron chi connectivity index (χ0n) is 19.8. The van der Waals surface area contributed by atoms with Gasteiger partial charge in [-0.15, -0.1) is 0 Å². The van der Waals surface area contributed by atoms with Crippen LogP contribution in [0.15, 0.2) is 47.4 Å². The Labute approximate surface area is 200 Å². The molecule has 2 amide bonds. The normalized spacial score (nSPS) is 21.4. The van der Waals surface area contributed by atoms with Crippen LogP contribution in [0.4, 0.5) is 4.39 Å². The maximum atomic E-state index is 14.2. The lowest BCUT2D eigenvalue weighted by atomic mass is 10.00. The van der Waals surface area contributed by atoms with E-state index in [0.717, 1.165) is 24.7 Å². The van der Waals surface area contributed by atoms with Crippen molar-refractivity contribution in [2.24, 2.45) is 5.92 Å². The first-order valence-corrected chi connectivity index (χ1v) is 13.7. The molecule has 2 fully saturated rings. The molecule has 2 aromatic rings. The van der Waals surface area contributed by atoms with Crippen molar-refractivity contribution in [3.05, 3.63) is 65.0 Å². The number of carbonyl (C=O) groups is 2. The standard InChI is InChI=1S/C26H31FN2O4S/c1-4-20-12-13-23(29(20)26(31)19-6-5-7-21(14-19)34(3,32)33)25(30)28-24(17-10-11-17)18-9-8-16(2)22(27)15-18/h5-9,14-15,17,20,23-24H,4,10-13H2,1-3H3,(H,28,30)/t20-,23-,24?/m1/s1. The molecule has 0 bridgehead atoms. The van der Waals surface area contributed by atoms with Crippen molar-refractivity contribution < 1.29 is 22.4 Å². The lowest BCUT2D eigenvalue weighted by Gasteiger charge is -2.31. The van der Waals surface area contributed by atoms with Crippen LogP contribution in [0.5, 0.6) is 0 Å². The maximum Gasteiger partial charge on any atom is 0.254 e. The summed E-state index contributed by atoms with van der Waals surface area (Å²) >= 11 is 0. The molecule has 0 radical (unpaired) electrons. The predicted molar refractivity (Wildman–Crippen MR) is 128 cm³/mol. The Kier molecular flexibility index (Phi) is 6.80. The number of amides is 2. The van der Waals surface area contributed by atoms with Gasteiger partial charge in [-0.25, -0.2) is 12.8 Å². The Balaban J connectivity index is 1.59. The summed E-state index contributed by atoms with van der Waals surface area (Å²) in [5, 5.41) is 3.11. The molecule has 34 heavy (non-hydrogen) atoms. The van der Waals surface area contributed by atoms with Crippen LogP contribution < -0.4 is 5.32 Å². The van der Waals surface area contributed by atoms with Crippen LogP contribution in [0.25, 0.3) is 0 Å². The zero-order chi connectivity index (χ0) is 24.6. The molecule has 1 unspecified atom stereocenters. The monoisotopic (exact) mass is 486 g/mol. The van der Waals surface area contributed by atoms with Gasteiger partial charge in [-0.05, 0) is 80.3 Å². The smallest absolute Gasteiger partial charge is 0.254 e. The minimum Gasteiger partial charge on any atom is -0.347 e. The number of aryl methyl sites for hydroxylation is 1. The quantitative estimate of drug-likeness (QED) is 0.636. The highest BCUT2D eigenvalue weighted by Crippen LogP contribution is 2.42. The van der Waals surface area contributed by atoms with E-state index in [-0.39, 0.29) is 46.1 Å². The molecule has 8 heteroatoms. The Morgan fingerprint density at radius 3 is 2.47 bits per heavy atom. The topological polar surface area (TPSA) is 83.6 Å². The van der Waals surface area contributed by atoms with E-state index in [1.807, 2.05) is 13.0 Å². The molecule has 2 aliphatic rings. The van der Waals surface area contributed by atoms with E-state index >= 15 is 0 Å². The second kappa shape index (κ2) is 9.49. The number of rotatable bonds is 7. The molecule has 1 aliphatic carbocycles. The fourth-order valence-electron chi connectivity index (χ4n) is 4.81. The van der Waals surface area contributed by atoms with Gasteiger partial charge in [-0.3, -0.25) is 9.59 Å². The van der Waals surface area contributed by atoms with Crippen LogP contribution in [0, 0.1) is 18.7 Å². The number of nitrogens with zero attached hydrogens (tertiary/aromatic N) is 1. The number of benzene rings is 2. The van der Waals surface area contributed by atoms with Gasteiger partial charge in [0, 0.05) is 17.9 Å². The highest BCUT2D eigenvalue weighted by molar-refractivity contribution is 7.90. The molecule has 182 valence electrons. The molecule has 1 heterocycles. The van der Waals surface area contributed by atoms with E-state index in [2.05, 4.69) is 5.32 Å². The number of sulfone groups is 1. The molecule has 1 saturated heterocycles. The van der Waals surface area contributed by atoms with E-state index in [1.165, 1.54) is 18.2 Å². The van der Waals surface area contributed by atoms with Crippen molar-refractivity contribution in [3.8, 4) is 0 Å². The Hall–Kier alpha value is -2.74. The third kappa shape index (κ3) is 5.02. The first kappa shape index (κ1) is 24.4. The molecular formula is C26H31FN2O4S. The number of hydrogen-bond donors (Lipinski definition) is 1. The van der Waals surface area contributed by atoms with Crippen LogP contribution in [-0.4, -0.2) is 43.5 Å². The van der Waals surface area contributed by atoms with E-state index in [9.17, 15) is 22.4 Å². The first-order valence-electron chi connectivity index (χ1n) is 11.8. The lowest BCUT2D eigenvalue weighted by Crippen LogP contribution is -2.49. The van der Waals surface area contributed by atoms with Gasteiger partial charge in [-0.1, -0.05) is 25.1 Å². The summed E-state index contributed by atoms with van der Waals surface area (Å²) in [5.41, 5.74) is 1.54. The van der Waals surface area contributed by atoms with E-state index in [1.54, 1.807) is 30.0 Å². The Morgan fingerprint density at radius 2 is 1.85 bits per heavy atom. The maximum absolute atomic E-state index is 14.2. The second-order valence-electron chi connectivity index (χ2n) is 9.50. The van der Waals surface area contributed by atoms with Crippen molar-refractivity contribution in [1.82, 2.24) is 10.2 Å². The number of hydrogen-bond acceptors (Lipinski definition) is 4. The molecule has 3 atom stereocenters. The third-order valence-corrected chi connectivity index (χ3v) is 8.08. The van der Waals surface area contributed by atoms with E-state index in [0.29, 0.717) is 24.8 Å². The number of nitrogens with one attached hydrogen (secondary N) is 1. The van der Waals surface area contributed by atoms with Crippen molar-refractivity contribution in [2.75, 3.05) is 6.26 Å². The van der Waals surface area contributed by atoms with Gasteiger partial charge in [0.25, 0.3) is 5.91 Å². The van der Waals surface area contributed by atoms with Crippen molar-refractivity contribution in [2.45, 2.75) is 69.0 Å². The summed E-state index contributed by atoms with van der Waals surface area (Å²) in [6, 6.07) is 9.96. The van der Waals surface area contributed by atoms with Crippen molar-refractivity contribution in [1.29, 1.82) is 0 Å². The third-order valence-electron chi connectivity index (χ3n) is 6.97. The molecule has 4 rings (SSSR count). The van der Waals surface area contributed by atoms with Crippen LogP contribution in [0.2, 0.25) is 0 Å². The summed E-state index contributed by atoms with van der Waals surface area (Å²) < 4.78 is 38.2. The predicted octanol–water partition coefficient (Wildman–Crippen LogP) is 4.19. The fraction of sp³-hybridized carbons (Fsp3) is 0.462. The van der Waals surface area contributed by atoms with Crippen LogP contribution in [0.1, 0.15) is 66.6 Å². The molecule has 0 spiro atoms. The largest absolute Gasteiger partial charge is 0.347 e. The molecule has 1 saturated carbocycles. The minimum atomic E-state index is -3.47. The average Bonchev–Trinajstić information content (AvgIpc) is 3.55. The Bertz CT molecular complexity index is 1210. The fourth-order valence-corrected chi connectivity index (χ4v) is 5.48. The molecule has 6 nitrogen and oxygen atoms in total. The molecule has 2 aromatic carbocycles. The van der Waals surface area contributed by atoms with Gasteiger partial charge >= 0.3 is 0 Å². The highest BCUT2D eigenvalue weighted by atomic mass is 32.2. The van der Waals surface area contributed by atoms with Crippen LogP contribution >= 0.6 is 0 Å². The van der Waals surface area contributed by atoms with Crippen molar-refractivity contribution in [3.63, 3.8) is 0 Å². The molecular weight excluding hydrogens is 455 g/mol. The second-order valence-corrected chi connectivity index (χ2v) is 11.5. The molecule has 1 aliphatic heterocycles. The number of halogens is 1. The van der Waals surface area contributed by atoms with Gasteiger partial charge < -0.3 is 10.2 Å².